The Morgan fingerprint density at radius 1 is 1.37 bits per heavy atom. The van der Waals surface area contributed by atoms with E-state index < -0.39 is 29.4 Å². The van der Waals surface area contributed by atoms with E-state index in [2.05, 4.69) is 0 Å². The van der Waals surface area contributed by atoms with Crippen LogP contribution < -0.4 is 0 Å². The van der Waals surface area contributed by atoms with Crippen molar-refractivity contribution in [2.75, 3.05) is 13.2 Å². The summed E-state index contributed by atoms with van der Waals surface area (Å²) in [5.74, 6) is -1.32. The van der Waals surface area contributed by atoms with Gasteiger partial charge >= 0.3 is 12.1 Å². The molecule has 1 amide bonds. The number of aliphatic hydroxyl groups excluding tert-OH is 1. The SMILES string of the molecule is C[C@@H](CC(=N)C(=O)O)N(CCO)C(=O)OC(C)(C)C. The highest BCUT2D eigenvalue weighted by Gasteiger charge is 2.27. The Kier molecular flexibility index (Phi) is 6.47. The molecule has 0 aliphatic rings. The topological polar surface area (TPSA) is 111 Å². The standard InChI is InChI=1S/C12H22N2O5/c1-8(7-9(13)10(16)17)14(5-6-15)11(18)19-12(2,3)4/h8,13,15H,5-7H2,1-4H3,(H,16,17)/t8-/m0/s1. The number of rotatable bonds is 6. The van der Waals surface area contributed by atoms with Crippen molar-refractivity contribution in [2.24, 2.45) is 0 Å². The number of hydrogen-bond donors (Lipinski definition) is 3. The first-order valence-electron chi connectivity index (χ1n) is 5.99. The predicted octanol–water partition coefficient (Wildman–Crippen LogP) is 1.10. The summed E-state index contributed by atoms with van der Waals surface area (Å²) in [6.07, 6.45) is -0.735. The summed E-state index contributed by atoms with van der Waals surface area (Å²) < 4.78 is 5.17. The lowest BCUT2D eigenvalue weighted by molar-refractivity contribution is -0.129. The minimum absolute atomic E-state index is 0.0307. The van der Waals surface area contributed by atoms with E-state index in [4.69, 9.17) is 20.4 Å². The average Bonchev–Trinajstić information content (AvgIpc) is 2.22. The van der Waals surface area contributed by atoms with Gasteiger partial charge in [0.15, 0.2) is 0 Å². The van der Waals surface area contributed by atoms with Crippen molar-refractivity contribution in [3.8, 4) is 0 Å². The predicted molar refractivity (Wildman–Crippen MR) is 69.5 cm³/mol. The summed E-state index contributed by atoms with van der Waals surface area (Å²) in [6, 6.07) is -0.536. The summed E-state index contributed by atoms with van der Waals surface area (Å²) in [5.41, 5.74) is -1.16. The summed E-state index contributed by atoms with van der Waals surface area (Å²) in [4.78, 5) is 23.7. The van der Waals surface area contributed by atoms with E-state index in [1.54, 1.807) is 27.7 Å². The second-order valence-corrected chi connectivity index (χ2v) is 5.23. The maximum atomic E-state index is 11.9. The van der Waals surface area contributed by atoms with Crippen LogP contribution in [0.15, 0.2) is 0 Å². The minimum atomic E-state index is -1.32. The van der Waals surface area contributed by atoms with Gasteiger partial charge in [0.1, 0.15) is 11.3 Å². The Bertz CT molecular complexity index is 349. The van der Waals surface area contributed by atoms with E-state index in [-0.39, 0.29) is 19.6 Å². The van der Waals surface area contributed by atoms with E-state index in [0.29, 0.717) is 0 Å². The number of nitrogens with one attached hydrogen (secondary N) is 1. The van der Waals surface area contributed by atoms with Crippen molar-refractivity contribution in [3.05, 3.63) is 0 Å². The largest absolute Gasteiger partial charge is 0.477 e. The Hall–Kier alpha value is -1.63. The molecule has 0 aromatic carbocycles. The van der Waals surface area contributed by atoms with Crippen molar-refractivity contribution in [3.63, 3.8) is 0 Å². The lowest BCUT2D eigenvalue weighted by Crippen LogP contribution is -2.44. The van der Waals surface area contributed by atoms with Crippen molar-refractivity contribution in [1.29, 1.82) is 5.41 Å². The van der Waals surface area contributed by atoms with Crippen LogP contribution in [0.3, 0.4) is 0 Å². The third kappa shape index (κ3) is 6.76. The number of carbonyl (C=O) groups is 2. The van der Waals surface area contributed by atoms with Crippen molar-refractivity contribution >= 4 is 17.8 Å². The molecule has 7 heteroatoms. The van der Waals surface area contributed by atoms with E-state index in [1.807, 2.05) is 0 Å². The van der Waals surface area contributed by atoms with Gasteiger partial charge in [-0.25, -0.2) is 9.59 Å². The van der Waals surface area contributed by atoms with Gasteiger partial charge in [0.05, 0.1) is 6.61 Å². The van der Waals surface area contributed by atoms with E-state index in [0.717, 1.165) is 0 Å². The lowest BCUT2D eigenvalue weighted by Gasteiger charge is -2.31. The second kappa shape index (κ2) is 7.08. The smallest absolute Gasteiger partial charge is 0.410 e. The van der Waals surface area contributed by atoms with Crippen molar-refractivity contribution < 1.29 is 24.5 Å². The van der Waals surface area contributed by atoms with E-state index in [9.17, 15) is 9.59 Å². The van der Waals surface area contributed by atoms with Gasteiger partial charge in [-0.15, -0.1) is 0 Å². The van der Waals surface area contributed by atoms with Crippen LogP contribution in [0.1, 0.15) is 34.1 Å². The summed E-state index contributed by atoms with van der Waals surface area (Å²) in [7, 11) is 0. The normalized spacial score (nSPS) is 12.7. The van der Waals surface area contributed by atoms with Crippen LogP contribution in [-0.4, -0.2) is 57.7 Å². The molecular weight excluding hydrogens is 252 g/mol. The third-order valence-electron chi connectivity index (χ3n) is 2.26. The molecule has 0 aromatic rings. The Labute approximate surface area is 112 Å². The molecule has 0 rings (SSSR count). The quantitative estimate of drug-likeness (QED) is 0.628. The molecule has 19 heavy (non-hydrogen) atoms. The van der Waals surface area contributed by atoms with Crippen LogP contribution in [0.5, 0.6) is 0 Å². The molecule has 0 heterocycles. The summed E-state index contributed by atoms with van der Waals surface area (Å²) >= 11 is 0. The van der Waals surface area contributed by atoms with Crippen molar-refractivity contribution in [1.82, 2.24) is 4.90 Å². The molecule has 0 saturated heterocycles. The number of aliphatic hydroxyl groups is 1. The molecule has 110 valence electrons. The van der Waals surface area contributed by atoms with Gasteiger partial charge in [-0.2, -0.15) is 0 Å². The van der Waals surface area contributed by atoms with Gasteiger partial charge in [-0.3, -0.25) is 5.41 Å². The first kappa shape index (κ1) is 17.4. The fraction of sp³-hybridized carbons (Fsp3) is 0.750. The van der Waals surface area contributed by atoms with Gasteiger partial charge in [0.25, 0.3) is 0 Å². The van der Waals surface area contributed by atoms with Gasteiger partial charge in [-0.05, 0) is 27.7 Å². The van der Waals surface area contributed by atoms with Crippen molar-refractivity contribution in [2.45, 2.75) is 45.8 Å². The first-order valence-corrected chi connectivity index (χ1v) is 5.99. The molecule has 0 fully saturated rings. The van der Waals surface area contributed by atoms with Crippen LogP contribution in [-0.2, 0) is 9.53 Å². The lowest BCUT2D eigenvalue weighted by atomic mass is 10.1. The highest BCUT2D eigenvalue weighted by Crippen LogP contribution is 2.13. The number of nitrogens with zero attached hydrogens (tertiary/aromatic N) is 1. The molecule has 0 aliphatic carbocycles. The monoisotopic (exact) mass is 274 g/mol. The molecule has 0 spiro atoms. The highest BCUT2D eigenvalue weighted by molar-refractivity contribution is 6.34. The highest BCUT2D eigenvalue weighted by atomic mass is 16.6. The Balaban J connectivity index is 4.75. The Morgan fingerprint density at radius 2 is 1.89 bits per heavy atom. The van der Waals surface area contributed by atoms with Gasteiger partial charge in [-0.1, -0.05) is 0 Å². The molecule has 3 N–H and O–H groups in total. The van der Waals surface area contributed by atoms with Gasteiger partial charge in [0.2, 0.25) is 0 Å². The summed E-state index contributed by atoms with van der Waals surface area (Å²) in [5, 5.41) is 24.9. The molecule has 0 unspecified atom stereocenters. The van der Waals surface area contributed by atoms with Crippen LogP contribution in [0.25, 0.3) is 0 Å². The zero-order valence-corrected chi connectivity index (χ0v) is 11.8. The number of carboxylic acids is 1. The van der Waals surface area contributed by atoms with Gasteiger partial charge in [0, 0.05) is 19.0 Å². The number of carboxylic acid groups (broad SMARTS) is 1. The molecule has 0 saturated carbocycles. The number of hydrogen-bond acceptors (Lipinski definition) is 5. The molecule has 1 atom stereocenters. The Morgan fingerprint density at radius 3 is 2.26 bits per heavy atom. The van der Waals surface area contributed by atoms with E-state index in [1.165, 1.54) is 4.90 Å². The number of amides is 1. The summed E-state index contributed by atoms with van der Waals surface area (Å²) in [6.45, 7) is 6.52. The maximum Gasteiger partial charge on any atom is 0.410 e. The zero-order valence-electron chi connectivity index (χ0n) is 11.8. The molecule has 0 radical (unpaired) electrons. The van der Waals surface area contributed by atoms with E-state index >= 15 is 0 Å². The fourth-order valence-electron chi connectivity index (χ4n) is 1.41. The number of carbonyl (C=O) groups excluding carboxylic acids is 1. The third-order valence-corrected chi connectivity index (χ3v) is 2.26. The van der Waals surface area contributed by atoms with Crippen LogP contribution in [0, 0.1) is 5.41 Å². The molecule has 0 bridgehead atoms. The molecule has 0 aliphatic heterocycles. The second-order valence-electron chi connectivity index (χ2n) is 5.23. The minimum Gasteiger partial charge on any atom is -0.477 e. The zero-order chi connectivity index (χ0) is 15.2. The molecule has 7 nitrogen and oxygen atoms in total. The van der Waals surface area contributed by atoms with Gasteiger partial charge < -0.3 is 19.8 Å². The average molecular weight is 274 g/mol. The first-order chi connectivity index (χ1) is 8.58. The van der Waals surface area contributed by atoms with Crippen LogP contribution >= 0.6 is 0 Å². The maximum absolute atomic E-state index is 11.9. The molecular formula is C12H22N2O5. The number of ether oxygens (including phenoxy) is 1. The fourth-order valence-corrected chi connectivity index (χ4v) is 1.41. The van der Waals surface area contributed by atoms with Crippen LogP contribution in [0.4, 0.5) is 4.79 Å². The molecule has 0 aromatic heterocycles. The number of aliphatic carboxylic acids is 1. The van der Waals surface area contributed by atoms with Crippen LogP contribution in [0.2, 0.25) is 0 Å².